The number of nitrogens with zero attached hydrogens (tertiary/aromatic N) is 2. The number of hydrogen-bond donors (Lipinski definition) is 2. The van der Waals surface area contributed by atoms with E-state index in [0.29, 0.717) is 27.0 Å². The lowest BCUT2D eigenvalue weighted by Crippen LogP contribution is -2.19. The third-order valence-corrected chi connectivity index (χ3v) is 5.85. The largest absolute Gasteiger partial charge is 0.484 e. The monoisotopic (exact) mass is 484 g/mol. The van der Waals surface area contributed by atoms with Crippen molar-refractivity contribution in [3.05, 3.63) is 88.8 Å². The van der Waals surface area contributed by atoms with Crippen LogP contribution in [0.2, 0.25) is 0 Å². The van der Waals surface area contributed by atoms with Crippen molar-refractivity contribution in [3.8, 4) is 23.1 Å². The van der Waals surface area contributed by atoms with Crippen LogP contribution >= 0.6 is 11.3 Å². The fraction of sp³-hybridized carbons (Fsp3) is 0.0769. The van der Waals surface area contributed by atoms with Gasteiger partial charge in [-0.25, -0.2) is 4.98 Å². The minimum atomic E-state index is -0.566. The minimum absolute atomic E-state index is 0.171. The Balaban J connectivity index is 1.67. The zero-order chi connectivity index (χ0) is 24.8. The summed E-state index contributed by atoms with van der Waals surface area (Å²) < 4.78 is 10.5. The predicted molar refractivity (Wildman–Crippen MR) is 134 cm³/mol. The molecule has 4 rings (SSSR count). The number of allylic oxidation sites excluding steroid dienone is 1. The molecule has 2 amide bonds. The molecular weight excluding hydrogens is 464 g/mol. The van der Waals surface area contributed by atoms with Crippen LogP contribution in [0.5, 0.6) is 5.75 Å². The number of nitrogens with one attached hydrogen (secondary N) is 1. The summed E-state index contributed by atoms with van der Waals surface area (Å²) in [4.78, 5) is 28.2. The molecule has 0 bridgehead atoms. The summed E-state index contributed by atoms with van der Waals surface area (Å²) in [6.45, 7) is 1.77. The highest BCUT2D eigenvalue weighted by molar-refractivity contribution is 7.17. The second kappa shape index (κ2) is 10.5. The second-order valence-corrected chi connectivity index (χ2v) is 8.49. The molecule has 3 N–H and O–H groups in total. The van der Waals surface area contributed by atoms with Gasteiger partial charge in [-0.2, -0.15) is 5.26 Å². The fourth-order valence-corrected chi connectivity index (χ4v) is 4.07. The molecule has 174 valence electrons. The van der Waals surface area contributed by atoms with Gasteiger partial charge in [0.25, 0.3) is 11.8 Å². The summed E-state index contributed by atoms with van der Waals surface area (Å²) in [6, 6.07) is 20.0. The SMILES string of the molecule is Cc1ccc(-c2nc(/C(C#N)=C/c3ccc(OCC(N)=O)cc3)sc2NC(=O)c2ccco2)cc1. The lowest BCUT2D eigenvalue weighted by atomic mass is 10.1. The Hall–Kier alpha value is -4.68. The van der Waals surface area contributed by atoms with Crippen molar-refractivity contribution in [2.24, 2.45) is 5.73 Å². The highest BCUT2D eigenvalue weighted by Crippen LogP contribution is 2.37. The van der Waals surface area contributed by atoms with Gasteiger partial charge >= 0.3 is 0 Å². The van der Waals surface area contributed by atoms with Crippen LogP contribution < -0.4 is 15.8 Å². The van der Waals surface area contributed by atoms with Gasteiger partial charge in [0, 0.05) is 5.56 Å². The first-order valence-corrected chi connectivity index (χ1v) is 11.3. The summed E-state index contributed by atoms with van der Waals surface area (Å²) in [6.07, 6.45) is 3.11. The van der Waals surface area contributed by atoms with E-state index < -0.39 is 11.8 Å². The van der Waals surface area contributed by atoms with Crippen molar-refractivity contribution in [3.63, 3.8) is 0 Å². The normalized spacial score (nSPS) is 11.0. The van der Waals surface area contributed by atoms with E-state index >= 15 is 0 Å². The molecule has 0 aliphatic heterocycles. The second-order valence-electron chi connectivity index (χ2n) is 7.49. The summed E-state index contributed by atoms with van der Waals surface area (Å²) in [5.74, 6) is -0.320. The van der Waals surface area contributed by atoms with Gasteiger partial charge in [-0.15, -0.1) is 0 Å². The standard InChI is InChI=1S/C26H20N4O4S/c1-16-4-8-18(9-5-16)23-26(30-24(32)21-3-2-12-33-21)35-25(29-23)19(14-27)13-17-6-10-20(11-7-17)34-15-22(28)31/h2-13H,15H2,1H3,(H2,28,31)(H,30,32)/b19-13+. The first kappa shape index (κ1) is 23.5. The zero-order valence-corrected chi connectivity index (χ0v) is 19.5. The van der Waals surface area contributed by atoms with Crippen LogP contribution in [0.3, 0.4) is 0 Å². The number of nitriles is 1. The Morgan fingerprint density at radius 3 is 2.54 bits per heavy atom. The number of benzene rings is 2. The van der Waals surface area contributed by atoms with Gasteiger partial charge in [0.15, 0.2) is 12.4 Å². The molecule has 8 nitrogen and oxygen atoms in total. The molecular formula is C26H20N4O4S. The molecule has 9 heteroatoms. The molecule has 2 aromatic heterocycles. The predicted octanol–water partition coefficient (Wildman–Crippen LogP) is 4.89. The van der Waals surface area contributed by atoms with Gasteiger partial charge in [-0.3, -0.25) is 9.59 Å². The third kappa shape index (κ3) is 5.82. The lowest BCUT2D eigenvalue weighted by molar-refractivity contribution is -0.119. The molecule has 0 fully saturated rings. The minimum Gasteiger partial charge on any atom is -0.484 e. The van der Waals surface area contributed by atoms with Gasteiger partial charge in [0.1, 0.15) is 27.5 Å². The molecule has 35 heavy (non-hydrogen) atoms. The zero-order valence-electron chi connectivity index (χ0n) is 18.6. The van der Waals surface area contributed by atoms with Gasteiger partial charge < -0.3 is 20.2 Å². The van der Waals surface area contributed by atoms with Crippen LogP contribution in [-0.4, -0.2) is 23.4 Å². The number of carbonyl (C=O) groups excluding carboxylic acids is 2. The number of carbonyl (C=O) groups is 2. The van der Waals surface area contributed by atoms with E-state index in [-0.39, 0.29) is 12.4 Å². The van der Waals surface area contributed by atoms with Crippen LogP contribution in [0.15, 0.2) is 71.3 Å². The van der Waals surface area contributed by atoms with E-state index in [2.05, 4.69) is 16.4 Å². The van der Waals surface area contributed by atoms with Crippen LogP contribution in [0, 0.1) is 18.3 Å². The Kier molecular flexibility index (Phi) is 7.04. The number of furan rings is 1. The lowest BCUT2D eigenvalue weighted by Gasteiger charge is -2.04. The maximum atomic E-state index is 12.6. The van der Waals surface area contributed by atoms with Crippen molar-refractivity contribution in [1.82, 2.24) is 4.98 Å². The van der Waals surface area contributed by atoms with Crippen LogP contribution in [-0.2, 0) is 4.79 Å². The van der Waals surface area contributed by atoms with Crippen molar-refractivity contribution in [2.75, 3.05) is 11.9 Å². The van der Waals surface area contributed by atoms with Crippen molar-refractivity contribution in [1.29, 1.82) is 5.26 Å². The smallest absolute Gasteiger partial charge is 0.292 e. The van der Waals surface area contributed by atoms with E-state index in [1.807, 2.05) is 31.2 Å². The summed E-state index contributed by atoms with van der Waals surface area (Å²) in [5.41, 5.74) is 8.61. The first-order chi connectivity index (χ1) is 16.9. The number of primary amides is 1. The Morgan fingerprint density at radius 1 is 1.17 bits per heavy atom. The molecule has 2 heterocycles. The van der Waals surface area contributed by atoms with E-state index in [1.165, 1.54) is 17.6 Å². The quantitative estimate of drug-likeness (QED) is 0.342. The van der Waals surface area contributed by atoms with Gasteiger partial charge in [0.2, 0.25) is 0 Å². The number of amides is 2. The van der Waals surface area contributed by atoms with E-state index in [4.69, 9.17) is 14.9 Å². The maximum Gasteiger partial charge on any atom is 0.292 e. The van der Waals surface area contributed by atoms with Crippen molar-refractivity contribution < 1.29 is 18.7 Å². The van der Waals surface area contributed by atoms with Gasteiger partial charge in [-0.05, 0) is 42.8 Å². The van der Waals surface area contributed by atoms with Crippen molar-refractivity contribution >= 4 is 39.8 Å². The highest BCUT2D eigenvalue weighted by Gasteiger charge is 2.19. The van der Waals surface area contributed by atoms with Gasteiger partial charge in [0.05, 0.1) is 11.8 Å². The number of aromatic nitrogens is 1. The average molecular weight is 485 g/mol. The van der Waals surface area contributed by atoms with Crippen molar-refractivity contribution in [2.45, 2.75) is 6.92 Å². The van der Waals surface area contributed by atoms with Crippen LogP contribution in [0.25, 0.3) is 22.9 Å². The molecule has 0 atom stereocenters. The number of aryl methyl sites for hydroxylation is 1. The fourth-order valence-electron chi connectivity index (χ4n) is 3.12. The number of rotatable bonds is 8. The molecule has 0 unspecified atom stereocenters. The number of nitrogens with two attached hydrogens (primary N) is 1. The number of hydrogen-bond acceptors (Lipinski definition) is 7. The van der Waals surface area contributed by atoms with E-state index in [1.54, 1.807) is 42.5 Å². The summed E-state index contributed by atoms with van der Waals surface area (Å²) in [5, 5.41) is 13.7. The number of thiazole rings is 1. The third-order valence-electron chi connectivity index (χ3n) is 4.85. The Bertz CT molecular complexity index is 1410. The Labute approximate surface area is 205 Å². The molecule has 4 aromatic rings. The molecule has 0 aliphatic rings. The number of anilines is 1. The molecule has 0 saturated heterocycles. The number of ether oxygens (including phenoxy) is 1. The van der Waals surface area contributed by atoms with Gasteiger partial charge in [-0.1, -0.05) is 53.3 Å². The molecule has 2 aromatic carbocycles. The molecule has 0 saturated carbocycles. The molecule has 0 aliphatic carbocycles. The highest BCUT2D eigenvalue weighted by atomic mass is 32.1. The van der Waals surface area contributed by atoms with Crippen LogP contribution in [0.4, 0.5) is 5.00 Å². The summed E-state index contributed by atoms with van der Waals surface area (Å²) in [7, 11) is 0. The maximum absolute atomic E-state index is 12.6. The van der Waals surface area contributed by atoms with E-state index in [9.17, 15) is 14.9 Å². The first-order valence-electron chi connectivity index (χ1n) is 10.5. The average Bonchev–Trinajstić information content (AvgIpc) is 3.53. The molecule has 0 spiro atoms. The van der Waals surface area contributed by atoms with Crippen LogP contribution in [0.1, 0.15) is 26.7 Å². The summed E-state index contributed by atoms with van der Waals surface area (Å²) >= 11 is 1.20. The van der Waals surface area contributed by atoms with E-state index in [0.717, 1.165) is 16.7 Å². The topological polar surface area (TPSA) is 131 Å². The Morgan fingerprint density at radius 2 is 1.91 bits per heavy atom. The molecule has 0 radical (unpaired) electrons.